The molecule has 2 saturated heterocycles. The fraction of sp³-hybridized carbons (Fsp3) is 0.562. The van der Waals surface area contributed by atoms with Gasteiger partial charge in [0.05, 0.1) is 14.2 Å². The molecular formula is C16H22N2O3. The molecule has 3 rings (SSSR count). The highest BCUT2D eigenvalue weighted by atomic mass is 16.5. The second-order valence-electron chi connectivity index (χ2n) is 5.64. The van der Waals surface area contributed by atoms with Crippen LogP contribution in [0.25, 0.3) is 0 Å². The van der Waals surface area contributed by atoms with Crippen LogP contribution >= 0.6 is 0 Å². The van der Waals surface area contributed by atoms with Crippen LogP contribution in [0.15, 0.2) is 18.2 Å². The van der Waals surface area contributed by atoms with Crippen LogP contribution in [0.3, 0.4) is 0 Å². The van der Waals surface area contributed by atoms with E-state index in [1.54, 1.807) is 14.2 Å². The van der Waals surface area contributed by atoms with Gasteiger partial charge in [0.1, 0.15) is 11.5 Å². The zero-order chi connectivity index (χ0) is 14.8. The van der Waals surface area contributed by atoms with Gasteiger partial charge < -0.3 is 19.7 Å². The number of carbonyl (C=O) groups is 1. The summed E-state index contributed by atoms with van der Waals surface area (Å²) in [5.41, 5.74) is 1.11. The fourth-order valence-corrected chi connectivity index (χ4v) is 3.42. The lowest BCUT2D eigenvalue weighted by Crippen LogP contribution is -2.37. The molecule has 5 nitrogen and oxygen atoms in total. The summed E-state index contributed by atoms with van der Waals surface area (Å²) in [5.74, 6) is 1.87. The minimum Gasteiger partial charge on any atom is -0.497 e. The summed E-state index contributed by atoms with van der Waals surface area (Å²) in [4.78, 5) is 14.1. The van der Waals surface area contributed by atoms with Crippen molar-refractivity contribution in [2.45, 2.75) is 31.3 Å². The van der Waals surface area contributed by atoms with Crippen molar-refractivity contribution >= 4 is 5.91 Å². The Labute approximate surface area is 125 Å². The molecule has 0 spiro atoms. The molecule has 0 aromatic heterocycles. The maximum Gasteiger partial charge on any atom is 0.224 e. The van der Waals surface area contributed by atoms with Crippen LogP contribution in [0.2, 0.25) is 0 Å². The highest BCUT2D eigenvalue weighted by Crippen LogP contribution is 2.28. The zero-order valence-corrected chi connectivity index (χ0v) is 12.6. The van der Waals surface area contributed by atoms with Crippen LogP contribution in [0.1, 0.15) is 18.4 Å². The van der Waals surface area contributed by atoms with E-state index in [4.69, 9.17) is 9.47 Å². The smallest absolute Gasteiger partial charge is 0.224 e. The molecule has 5 heteroatoms. The van der Waals surface area contributed by atoms with Crippen molar-refractivity contribution in [3.05, 3.63) is 23.8 Å². The number of nitrogens with one attached hydrogen (secondary N) is 1. The number of hydrogen-bond donors (Lipinski definition) is 1. The van der Waals surface area contributed by atoms with Gasteiger partial charge in [-0.05, 0) is 31.0 Å². The van der Waals surface area contributed by atoms with Gasteiger partial charge in [-0.15, -0.1) is 0 Å². The van der Waals surface area contributed by atoms with E-state index in [9.17, 15) is 4.79 Å². The number of ether oxygens (including phenoxy) is 2. The van der Waals surface area contributed by atoms with Crippen molar-refractivity contribution in [3.63, 3.8) is 0 Å². The topological polar surface area (TPSA) is 50.8 Å². The van der Waals surface area contributed by atoms with Gasteiger partial charge in [0.15, 0.2) is 0 Å². The fourth-order valence-electron chi connectivity index (χ4n) is 3.42. The lowest BCUT2D eigenvalue weighted by molar-refractivity contribution is -0.129. The Hall–Kier alpha value is -1.75. The molecule has 2 atom stereocenters. The average molecular weight is 290 g/mol. The van der Waals surface area contributed by atoms with Crippen LogP contribution in [0.5, 0.6) is 11.5 Å². The first-order chi connectivity index (χ1) is 10.2. The van der Waals surface area contributed by atoms with Gasteiger partial charge in [0.2, 0.25) is 5.91 Å². The SMILES string of the molecule is COc1ccc(CCN2C(=O)C[C@H]3NCC[C@H]32)c(OC)c1. The highest BCUT2D eigenvalue weighted by Gasteiger charge is 2.41. The van der Waals surface area contributed by atoms with Gasteiger partial charge in [-0.2, -0.15) is 0 Å². The van der Waals surface area contributed by atoms with E-state index in [-0.39, 0.29) is 5.91 Å². The van der Waals surface area contributed by atoms with E-state index in [1.165, 1.54) is 0 Å². The van der Waals surface area contributed by atoms with E-state index in [2.05, 4.69) is 5.32 Å². The summed E-state index contributed by atoms with van der Waals surface area (Å²) in [7, 11) is 3.31. The normalized spacial score (nSPS) is 24.3. The number of hydrogen-bond acceptors (Lipinski definition) is 4. The summed E-state index contributed by atoms with van der Waals surface area (Å²) < 4.78 is 10.6. The number of benzene rings is 1. The number of methoxy groups -OCH3 is 2. The number of fused-ring (bicyclic) bond motifs is 1. The minimum absolute atomic E-state index is 0.268. The zero-order valence-electron chi connectivity index (χ0n) is 12.6. The lowest BCUT2D eigenvalue weighted by atomic mass is 10.1. The molecular weight excluding hydrogens is 268 g/mol. The maximum atomic E-state index is 12.1. The maximum absolute atomic E-state index is 12.1. The molecule has 1 aromatic rings. The Bertz CT molecular complexity index is 532. The van der Waals surface area contributed by atoms with Gasteiger partial charge in [-0.25, -0.2) is 0 Å². The Balaban J connectivity index is 1.68. The van der Waals surface area contributed by atoms with Gasteiger partial charge in [-0.3, -0.25) is 4.79 Å². The van der Waals surface area contributed by atoms with Crippen molar-refractivity contribution in [2.24, 2.45) is 0 Å². The molecule has 0 radical (unpaired) electrons. The van der Waals surface area contributed by atoms with E-state index in [0.717, 1.165) is 43.0 Å². The van der Waals surface area contributed by atoms with E-state index >= 15 is 0 Å². The summed E-state index contributed by atoms with van der Waals surface area (Å²) in [6.07, 6.45) is 2.52. The number of amides is 1. The molecule has 21 heavy (non-hydrogen) atoms. The quantitative estimate of drug-likeness (QED) is 0.885. The van der Waals surface area contributed by atoms with Crippen LogP contribution < -0.4 is 14.8 Å². The monoisotopic (exact) mass is 290 g/mol. The first kappa shape index (κ1) is 14.2. The molecule has 2 fully saturated rings. The summed E-state index contributed by atoms with van der Waals surface area (Å²) >= 11 is 0. The molecule has 0 saturated carbocycles. The predicted octanol–water partition coefficient (Wildman–Crippen LogP) is 1.21. The van der Waals surface area contributed by atoms with Crippen molar-refractivity contribution in [1.29, 1.82) is 0 Å². The molecule has 0 aliphatic carbocycles. The molecule has 114 valence electrons. The van der Waals surface area contributed by atoms with Gasteiger partial charge in [-0.1, -0.05) is 6.07 Å². The summed E-state index contributed by atoms with van der Waals surface area (Å²) in [6.45, 7) is 1.77. The number of likely N-dealkylation sites (tertiary alicyclic amines) is 1. The Morgan fingerprint density at radius 2 is 2.19 bits per heavy atom. The van der Waals surface area contributed by atoms with E-state index < -0.39 is 0 Å². The van der Waals surface area contributed by atoms with Crippen molar-refractivity contribution in [3.8, 4) is 11.5 Å². The van der Waals surface area contributed by atoms with Gasteiger partial charge in [0, 0.05) is 31.1 Å². The van der Waals surface area contributed by atoms with Crippen LogP contribution in [-0.2, 0) is 11.2 Å². The van der Waals surface area contributed by atoms with Crippen molar-refractivity contribution in [2.75, 3.05) is 27.3 Å². The number of carbonyl (C=O) groups excluding carboxylic acids is 1. The van der Waals surface area contributed by atoms with Gasteiger partial charge >= 0.3 is 0 Å². The average Bonchev–Trinajstić information content (AvgIpc) is 3.06. The summed E-state index contributed by atoms with van der Waals surface area (Å²) in [5, 5.41) is 3.41. The standard InChI is InChI=1S/C16H22N2O3/c1-20-12-4-3-11(15(9-12)21-2)6-8-18-14-5-7-17-13(14)10-16(18)19/h3-4,9,13-14,17H,5-8,10H2,1-2H3/t13-,14-/m1/s1. The van der Waals surface area contributed by atoms with E-state index in [0.29, 0.717) is 18.5 Å². The van der Waals surface area contributed by atoms with Gasteiger partial charge in [0.25, 0.3) is 0 Å². The molecule has 2 aliphatic rings. The largest absolute Gasteiger partial charge is 0.497 e. The van der Waals surface area contributed by atoms with E-state index in [1.807, 2.05) is 23.1 Å². The first-order valence-corrected chi connectivity index (χ1v) is 7.46. The minimum atomic E-state index is 0.268. The third kappa shape index (κ3) is 2.70. The van der Waals surface area contributed by atoms with Crippen LogP contribution in [-0.4, -0.2) is 50.2 Å². The van der Waals surface area contributed by atoms with Crippen LogP contribution in [0.4, 0.5) is 0 Å². The second kappa shape index (κ2) is 5.93. The number of rotatable bonds is 5. The third-order valence-corrected chi connectivity index (χ3v) is 4.54. The first-order valence-electron chi connectivity index (χ1n) is 7.46. The molecule has 1 aromatic carbocycles. The molecule has 1 amide bonds. The lowest BCUT2D eigenvalue weighted by Gasteiger charge is -2.24. The Kier molecular flexibility index (Phi) is 4.01. The Morgan fingerprint density at radius 3 is 2.95 bits per heavy atom. The molecule has 0 bridgehead atoms. The molecule has 0 unspecified atom stereocenters. The predicted molar refractivity (Wildman–Crippen MR) is 79.8 cm³/mol. The third-order valence-electron chi connectivity index (χ3n) is 4.54. The van der Waals surface area contributed by atoms with Crippen molar-refractivity contribution < 1.29 is 14.3 Å². The second-order valence-corrected chi connectivity index (χ2v) is 5.64. The summed E-state index contributed by atoms with van der Waals surface area (Å²) in [6, 6.07) is 6.57. The molecule has 2 aliphatic heterocycles. The van der Waals surface area contributed by atoms with Crippen molar-refractivity contribution in [1.82, 2.24) is 10.2 Å². The van der Waals surface area contributed by atoms with Crippen LogP contribution in [0, 0.1) is 0 Å². The molecule has 2 heterocycles. The molecule has 1 N–H and O–H groups in total. The number of nitrogens with zero attached hydrogens (tertiary/aromatic N) is 1. The highest BCUT2D eigenvalue weighted by molar-refractivity contribution is 5.80. The Morgan fingerprint density at radius 1 is 1.33 bits per heavy atom.